The molecule has 3 rings (SSSR count). The number of anilines is 1. The monoisotopic (exact) mass is 335 g/mol. The highest BCUT2D eigenvalue weighted by molar-refractivity contribution is 5.78. The van der Waals surface area contributed by atoms with Crippen molar-refractivity contribution in [3.8, 4) is 0 Å². The molecule has 0 unspecified atom stereocenters. The van der Waals surface area contributed by atoms with E-state index in [4.69, 9.17) is 0 Å². The first kappa shape index (κ1) is 17.1. The van der Waals surface area contributed by atoms with Gasteiger partial charge in [-0.3, -0.25) is 4.79 Å². The predicted octanol–water partition coefficient (Wildman–Crippen LogP) is 2.20. The summed E-state index contributed by atoms with van der Waals surface area (Å²) in [4.78, 5) is 20.3. The largest absolute Gasteiger partial charge is 0.386 e. The van der Waals surface area contributed by atoms with E-state index in [9.17, 15) is 14.3 Å². The lowest BCUT2D eigenvalue weighted by Crippen LogP contribution is -2.55. The number of nitrogens with zero attached hydrogens (tertiary/aromatic N) is 3. The molecule has 5 nitrogen and oxygen atoms in total. The van der Waals surface area contributed by atoms with Crippen molar-refractivity contribution < 1.29 is 14.3 Å². The fourth-order valence-electron chi connectivity index (χ4n) is 4.00. The van der Waals surface area contributed by atoms with E-state index in [1.807, 2.05) is 4.90 Å². The molecule has 24 heavy (non-hydrogen) atoms. The summed E-state index contributed by atoms with van der Waals surface area (Å²) in [6.07, 6.45) is 6.85. The third-order valence-corrected chi connectivity index (χ3v) is 5.20. The van der Waals surface area contributed by atoms with Crippen molar-refractivity contribution in [1.82, 2.24) is 9.88 Å². The summed E-state index contributed by atoms with van der Waals surface area (Å²) in [6, 6.07) is 3.01. The lowest BCUT2D eigenvalue weighted by Gasteiger charge is -2.42. The molecule has 1 saturated carbocycles. The van der Waals surface area contributed by atoms with Crippen molar-refractivity contribution in [1.29, 1.82) is 0 Å². The van der Waals surface area contributed by atoms with Crippen LogP contribution in [-0.2, 0) is 4.79 Å². The van der Waals surface area contributed by atoms with Crippen LogP contribution in [0.4, 0.5) is 10.2 Å². The van der Waals surface area contributed by atoms with Gasteiger partial charge in [-0.2, -0.15) is 0 Å². The quantitative estimate of drug-likeness (QED) is 0.916. The highest BCUT2D eigenvalue weighted by atomic mass is 19.1. The maximum Gasteiger partial charge on any atom is 0.225 e. The van der Waals surface area contributed by atoms with Gasteiger partial charge in [-0.1, -0.05) is 12.8 Å². The van der Waals surface area contributed by atoms with Crippen molar-refractivity contribution in [2.24, 2.45) is 5.92 Å². The van der Waals surface area contributed by atoms with Crippen LogP contribution in [0.15, 0.2) is 18.3 Å². The highest BCUT2D eigenvalue weighted by Crippen LogP contribution is 2.29. The molecular formula is C18H26FN3O2. The number of carbonyl (C=O) groups is 1. The molecule has 1 aliphatic carbocycles. The lowest BCUT2D eigenvalue weighted by molar-refractivity contribution is -0.137. The predicted molar refractivity (Wildman–Crippen MR) is 90.2 cm³/mol. The summed E-state index contributed by atoms with van der Waals surface area (Å²) >= 11 is 0. The molecule has 6 heteroatoms. The van der Waals surface area contributed by atoms with E-state index in [1.54, 1.807) is 18.0 Å². The number of aromatic nitrogens is 1. The Morgan fingerprint density at radius 3 is 2.83 bits per heavy atom. The fraction of sp³-hybridized carbons (Fsp3) is 0.667. The molecule has 1 aromatic rings. The molecule has 1 aromatic heterocycles. The molecule has 132 valence electrons. The first-order valence-electron chi connectivity index (χ1n) is 8.81. The smallest absolute Gasteiger partial charge is 0.225 e. The molecule has 1 atom stereocenters. The zero-order valence-electron chi connectivity index (χ0n) is 14.2. The Kier molecular flexibility index (Phi) is 5.04. The fourth-order valence-corrected chi connectivity index (χ4v) is 4.00. The maximum absolute atomic E-state index is 13.0. The Balaban J connectivity index is 1.63. The number of likely N-dealkylation sites (N-methyl/N-ethyl adjacent to an activating group) is 1. The lowest BCUT2D eigenvalue weighted by atomic mass is 9.91. The normalized spacial score (nSPS) is 25.0. The molecule has 0 aromatic carbocycles. The molecule has 2 heterocycles. The Morgan fingerprint density at radius 1 is 1.42 bits per heavy atom. The first-order chi connectivity index (χ1) is 11.5. The average molecular weight is 335 g/mol. The SMILES string of the molecule is CN(C[C@]1(O)CCCN(c2ccc(F)cn2)C1)C(=O)C1CCCC1. The van der Waals surface area contributed by atoms with E-state index in [0.29, 0.717) is 25.3 Å². The molecule has 0 spiro atoms. The number of carbonyl (C=O) groups excluding carboxylic acids is 1. The van der Waals surface area contributed by atoms with E-state index in [2.05, 4.69) is 4.98 Å². The van der Waals surface area contributed by atoms with Gasteiger partial charge >= 0.3 is 0 Å². The van der Waals surface area contributed by atoms with Crippen LogP contribution < -0.4 is 4.90 Å². The zero-order chi connectivity index (χ0) is 17.2. The first-order valence-corrected chi connectivity index (χ1v) is 8.81. The summed E-state index contributed by atoms with van der Waals surface area (Å²) < 4.78 is 13.0. The van der Waals surface area contributed by atoms with Crippen LogP contribution in [0.3, 0.4) is 0 Å². The van der Waals surface area contributed by atoms with E-state index >= 15 is 0 Å². The van der Waals surface area contributed by atoms with Crippen LogP contribution >= 0.6 is 0 Å². The number of amides is 1. The third-order valence-electron chi connectivity index (χ3n) is 5.20. The van der Waals surface area contributed by atoms with Crippen LogP contribution in [-0.4, -0.2) is 53.2 Å². The number of halogens is 1. The van der Waals surface area contributed by atoms with Gasteiger partial charge in [0.2, 0.25) is 5.91 Å². The van der Waals surface area contributed by atoms with Crippen molar-refractivity contribution in [3.63, 3.8) is 0 Å². The van der Waals surface area contributed by atoms with Crippen LogP contribution in [0.2, 0.25) is 0 Å². The third kappa shape index (κ3) is 3.86. The summed E-state index contributed by atoms with van der Waals surface area (Å²) in [5, 5.41) is 11.0. The van der Waals surface area contributed by atoms with Gasteiger partial charge in [0.15, 0.2) is 0 Å². The van der Waals surface area contributed by atoms with Gasteiger partial charge in [-0.15, -0.1) is 0 Å². The second-order valence-corrected chi connectivity index (χ2v) is 7.26. The molecular weight excluding hydrogens is 309 g/mol. The molecule has 1 aliphatic heterocycles. The molecule has 1 N–H and O–H groups in total. The number of rotatable bonds is 4. The highest BCUT2D eigenvalue weighted by Gasteiger charge is 2.37. The molecule has 1 amide bonds. The topological polar surface area (TPSA) is 56.7 Å². The summed E-state index contributed by atoms with van der Waals surface area (Å²) in [5.41, 5.74) is -0.947. The van der Waals surface area contributed by atoms with Crippen molar-refractivity contribution in [3.05, 3.63) is 24.1 Å². The van der Waals surface area contributed by atoms with Gasteiger partial charge in [0, 0.05) is 26.1 Å². The van der Waals surface area contributed by atoms with Gasteiger partial charge in [0.05, 0.1) is 18.3 Å². The van der Waals surface area contributed by atoms with E-state index in [1.165, 1.54) is 12.3 Å². The van der Waals surface area contributed by atoms with Crippen LogP contribution in [0, 0.1) is 11.7 Å². The molecule has 2 aliphatic rings. The summed E-state index contributed by atoms with van der Waals surface area (Å²) in [5.74, 6) is 0.572. The average Bonchev–Trinajstić information content (AvgIpc) is 3.08. The number of piperidine rings is 1. The van der Waals surface area contributed by atoms with E-state index in [-0.39, 0.29) is 17.6 Å². The Bertz CT molecular complexity index is 574. The van der Waals surface area contributed by atoms with Crippen LogP contribution in [0.1, 0.15) is 38.5 Å². The van der Waals surface area contributed by atoms with Gasteiger partial charge in [0.1, 0.15) is 11.6 Å². The van der Waals surface area contributed by atoms with Crippen molar-refractivity contribution >= 4 is 11.7 Å². The number of β-amino-alcohol motifs (C(OH)–C–C–N with tert-alkyl or cyclic N) is 1. The van der Waals surface area contributed by atoms with Gasteiger partial charge in [-0.05, 0) is 37.8 Å². The van der Waals surface area contributed by atoms with Gasteiger partial charge in [-0.25, -0.2) is 9.37 Å². The van der Waals surface area contributed by atoms with Gasteiger partial charge < -0.3 is 14.9 Å². The Hall–Kier alpha value is -1.69. The number of aliphatic hydroxyl groups is 1. The maximum atomic E-state index is 13.0. The molecule has 0 bridgehead atoms. The summed E-state index contributed by atoms with van der Waals surface area (Å²) in [7, 11) is 1.79. The van der Waals surface area contributed by atoms with Crippen LogP contribution in [0.25, 0.3) is 0 Å². The second-order valence-electron chi connectivity index (χ2n) is 7.26. The molecule has 2 fully saturated rings. The minimum atomic E-state index is -0.947. The van der Waals surface area contributed by atoms with Crippen LogP contribution in [0.5, 0.6) is 0 Å². The summed E-state index contributed by atoms with van der Waals surface area (Å²) in [6.45, 7) is 1.52. The van der Waals surface area contributed by atoms with Gasteiger partial charge in [0.25, 0.3) is 0 Å². The second kappa shape index (κ2) is 7.05. The number of hydrogen-bond donors (Lipinski definition) is 1. The van der Waals surface area contributed by atoms with E-state index in [0.717, 1.165) is 38.6 Å². The zero-order valence-corrected chi connectivity index (χ0v) is 14.2. The van der Waals surface area contributed by atoms with Crippen molar-refractivity contribution in [2.75, 3.05) is 31.6 Å². The minimum Gasteiger partial charge on any atom is -0.386 e. The number of pyridine rings is 1. The molecule has 0 radical (unpaired) electrons. The Labute approximate surface area is 142 Å². The standard InChI is InChI=1S/C18H26FN3O2/c1-21(17(23)14-5-2-3-6-14)12-18(24)9-4-10-22(13-18)16-8-7-15(19)11-20-16/h7-8,11,14,24H,2-6,9-10,12-13H2,1H3/t18-/m1/s1. The molecule has 1 saturated heterocycles. The van der Waals surface area contributed by atoms with Crippen molar-refractivity contribution in [2.45, 2.75) is 44.1 Å². The Morgan fingerprint density at radius 2 is 2.17 bits per heavy atom. The van der Waals surface area contributed by atoms with E-state index < -0.39 is 5.60 Å². The number of hydrogen-bond acceptors (Lipinski definition) is 4. The minimum absolute atomic E-state index is 0.122.